The third-order valence-corrected chi connectivity index (χ3v) is 4.61. The molecule has 2 nitrogen and oxygen atoms in total. The number of benzene rings is 1. The molecular weight excluding hydrogens is 393 g/mol. The summed E-state index contributed by atoms with van der Waals surface area (Å²) in [4.78, 5) is 15.3. The predicted molar refractivity (Wildman–Crippen MR) is 93.4 cm³/mol. The van der Waals surface area contributed by atoms with E-state index in [0.717, 1.165) is 9.35 Å². The second kappa shape index (κ2) is 7.45. The van der Waals surface area contributed by atoms with Crippen LogP contribution in [0, 0.1) is 0 Å². The Bertz CT molecular complexity index is 651. The number of hydrogen-bond donors (Lipinski definition) is 0. The van der Waals surface area contributed by atoms with E-state index in [0.29, 0.717) is 28.0 Å². The first-order valence-electron chi connectivity index (χ1n) is 6.10. The van der Waals surface area contributed by atoms with Crippen molar-refractivity contribution in [1.82, 2.24) is 4.90 Å². The largest absolute Gasteiger partial charge is 0.330 e. The number of hydrogen-bond acceptors (Lipinski definition) is 2. The summed E-state index contributed by atoms with van der Waals surface area (Å²) in [7, 11) is 0. The van der Waals surface area contributed by atoms with Crippen molar-refractivity contribution < 1.29 is 4.79 Å². The van der Waals surface area contributed by atoms with Crippen molar-refractivity contribution in [2.24, 2.45) is 0 Å². The quantitative estimate of drug-likeness (QED) is 0.590. The highest BCUT2D eigenvalue weighted by molar-refractivity contribution is 9.10. The van der Waals surface area contributed by atoms with Gasteiger partial charge in [0, 0.05) is 26.5 Å². The summed E-state index contributed by atoms with van der Waals surface area (Å²) in [6.45, 7) is 4.66. The Morgan fingerprint density at radius 1 is 1.33 bits per heavy atom. The molecule has 0 unspecified atom stereocenters. The fourth-order valence-corrected chi connectivity index (χ4v) is 3.82. The van der Waals surface area contributed by atoms with Crippen LogP contribution in [-0.2, 0) is 6.54 Å². The van der Waals surface area contributed by atoms with Gasteiger partial charge in [-0.05, 0) is 30.3 Å². The molecule has 0 bridgehead atoms. The van der Waals surface area contributed by atoms with Crippen molar-refractivity contribution in [3.63, 3.8) is 0 Å². The maximum absolute atomic E-state index is 12.6. The number of rotatable bonds is 5. The van der Waals surface area contributed by atoms with Crippen LogP contribution >= 0.6 is 50.5 Å². The van der Waals surface area contributed by atoms with Crippen molar-refractivity contribution >= 4 is 56.4 Å². The van der Waals surface area contributed by atoms with Crippen LogP contribution in [0.25, 0.3) is 0 Å². The van der Waals surface area contributed by atoms with Crippen molar-refractivity contribution in [2.45, 2.75) is 6.54 Å². The topological polar surface area (TPSA) is 20.3 Å². The number of halogens is 3. The third-order valence-electron chi connectivity index (χ3n) is 2.72. The number of nitrogens with zero attached hydrogens (tertiary/aromatic N) is 1. The van der Waals surface area contributed by atoms with E-state index in [1.165, 1.54) is 11.3 Å². The van der Waals surface area contributed by atoms with Crippen LogP contribution in [0.5, 0.6) is 0 Å². The first-order valence-corrected chi connectivity index (χ1v) is 8.46. The van der Waals surface area contributed by atoms with E-state index < -0.39 is 0 Å². The Hall–Kier alpha value is -0.810. The summed E-state index contributed by atoms with van der Waals surface area (Å²) in [5.41, 5.74) is 0.541. The third kappa shape index (κ3) is 4.58. The van der Waals surface area contributed by atoms with Gasteiger partial charge in [0.15, 0.2) is 0 Å². The van der Waals surface area contributed by atoms with Gasteiger partial charge in [0.2, 0.25) is 0 Å². The summed E-state index contributed by atoms with van der Waals surface area (Å²) < 4.78 is 1.48. The average Bonchev–Trinajstić information content (AvgIpc) is 2.82. The molecule has 21 heavy (non-hydrogen) atoms. The number of amides is 1. The summed E-state index contributed by atoms with van der Waals surface area (Å²) in [6, 6.07) is 8.91. The molecule has 0 aliphatic rings. The zero-order valence-electron chi connectivity index (χ0n) is 11.0. The molecular formula is C15H12BrCl2NOS. The van der Waals surface area contributed by atoms with Crippen molar-refractivity contribution in [3.05, 3.63) is 67.3 Å². The van der Waals surface area contributed by atoms with Crippen LogP contribution in [0.3, 0.4) is 0 Å². The Kier molecular flexibility index (Phi) is 5.88. The molecule has 6 heteroatoms. The molecule has 0 atom stereocenters. The number of carbonyl (C=O) groups excluding carboxylic acids is 1. The maximum Gasteiger partial charge on any atom is 0.254 e. The maximum atomic E-state index is 12.6. The molecule has 0 saturated heterocycles. The van der Waals surface area contributed by atoms with E-state index in [1.807, 2.05) is 12.1 Å². The van der Waals surface area contributed by atoms with Gasteiger partial charge in [0.05, 0.1) is 10.9 Å². The van der Waals surface area contributed by atoms with Crippen LogP contribution in [0.4, 0.5) is 0 Å². The number of thiophene rings is 1. The molecule has 0 spiro atoms. The Morgan fingerprint density at radius 2 is 2.10 bits per heavy atom. The molecule has 0 aliphatic heterocycles. The van der Waals surface area contributed by atoms with E-state index >= 15 is 0 Å². The lowest BCUT2D eigenvalue weighted by molar-refractivity contribution is 0.0764. The van der Waals surface area contributed by atoms with Crippen molar-refractivity contribution in [3.8, 4) is 0 Å². The van der Waals surface area contributed by atoms with Gasteiger partial charge in [0.25, 0.3) is 5.91 Å². The van der Waals surface area contributed by atoms with Gasteiger partial charge in [-0.15, -0.1) is 17.9 Å². The van der Waals surface area contributed by atoms with E-state index in [-0.39, 0.29) is 5.91 Å². The van der Waals surface area contributed by atoms with Gasteiger partial charge in [-0.2, -0.15) is 0 Å². The molecule has 0 aliphatic carbocycles. The van der Waals surface area contributed by atoms with Gasteiger partial charge in [-0.3, -0.25) is 4.79 Å². The molecule has 1 aromatic carbocycles. The normalized spacial score (nSPS) is 10.4. The Balaban J connectivity index is 2.24. The zero-order chi connectivity index (χ0) is 15.4. The SMILES string of the molecule is C=CCN(Cc1ccc(Cl)s1)C(=O)c1cc(Cl)cc(Br)c1. The summed E-state index contributed by atoms with van der Waals surface area (Å²) in [5, 5.41) is 0.519. The van der Waals surface area contributed by atoms with Crippen molar-refractivity contribution in [1.29, 1.82) is 0 Å². The van der Waals surface area contributed by atoms with Crippen LogP contribution in [0.2, 0.25) is 9.36 Å². The van der Waals surface area contributed by atoms with Gasteiger partial charge < -0.3 is 4.90 Å². The van der Waals surface area contributed by atoms with Gasteiger partial charge in [0.1, 0.15) is 0 Å². The van der Waals surface area contributed by atoms with Crippen molar-refractivity contribution in [2.75, 3.05) is 6.54 Å². The fourth-order valence-electron chi connectivity index (χ4n) is 1.86. The highest BCUT2D eigenvalue weighted by atomic mass is 79.9. The molecule has 110 valence electrons. The zero-order valence-corrected chi connectivity index (χ0v) is 14.9. The van der Waals surface area contributed by atoms with Crippen LogP contribution in [0.1, 0.15) is 15.2 Å². The van der Waals surface area contributed by atoms with E-state index in [9.17, 15) is 4.79 Å². The van der Waals surface area contributed by atoms with E-state index in [2.05, 4.69) is 22.5 Å². The van der Waals surface area contributed by atoms with Crippen LogP contribution in [0.15, 0.2) is 47.5 Å². The Labute approximate surface area is 146 Å². The standard InChI is InChI=1S/C15H12BrCl2NOS/c1-2-5-19(9-13-3-4-14(18)21-13)15(20)10-6-11(16)8-12(17)7-10/h2-4,6-8H,1,5,9H2. The number of carbonyl (C=O) groups is 1. The highest BCUT2D eigenvalue weighted by Crippen LogP contribution is 2.25. The van der Waals surface area contributed by atoms with E-state index in [4.69, 9.17) is 23.2 Å². The van der Waals surface area contributed by atoms with Crippen LogP contribution < -0.4 is 0 Å². The smallest absolute Gasteiger partial charge is 0.254 e. The second-order valence-electron chi connectivity index (χ2n) is 4.34. The van der Waals surface area contributed by atoms with Gasteiger partial charge >= 0.3 is 0 Å². The lowest BCUT2D eigenvalue weighted by Gasteiger charge is -2.20. The second-order valence-corrected chi connectivity index (χ2v) is 7.49. The first-order chi connectivity index (χ1) is 9.99. The minimum Gasteiger partial charge on any atom is -0.330 e. The molecule has 0 N–H and O–H groups in total. The molecule has 1 aromatic heterocycles. The summed E-state index contributed by atoms with van der Waals surface area (Å²) >= 11 is 16.7. The minimum absolute atomic E-state index is 0.0948. The lowest BCUT2D eigenvalue weighted by Crippen LogP contribution is -2.30. The molecule has 0 fully saturated rings. The summed E-state index contributed by atoms with van der Waals surface area (Å²) in [6.07, 6.45) is 1.70. The lowest BCUT2D eigenvalue weighted by atomic mass is 10.2. The Morgan fingerprint density at radius 3 is 2.67 bits per heavy atom. The minimum atomic E-state index is -0.0948. The van der Waals surface area contributed by atoms with Gasteiger partial charge in [-0.1, -0.05) is 45.2 Å². The molecule has 1 heterocycles. The van der Waals surface area contributed by atoms with E-state index in [1.54, 1.807) is 29.2 Å². The average molecular weight is 405 g/mol. The molecule has 1 amide bonds. The predicted octanol–water partition coefficient (Wildman–Crippen LogP) is 5.65. The summed E-state index contributed by atoms with van der Waals surface area (Å²) in [5.74, 6) is -0.0948. The monoisotopic (exact) mass is 403 g/mol. The highest BCUT2D eigenvalue weighted by Gasteiger charge is 2.17. The molecule has 0 radical (unpaired) electrons. The molecule has 0 saturated carbocycles. The van der Waals surface area contributed by atoms with Gasteiger partial charge in [-0.25, -0.2) is 0 Å². The molecule has 2 rings (SSSR count). The first kappa shape index (κ1) is 16.6. The van der Waals surface area contributed by atoms with Crippen LogP contribution in [-0.4, -0.2) is 17.4 Å². The fraction of sp³-hybridized carbons (Fsp3) is 0.133. The molecule has 2 aromatic rings.